The maximum Gasteiger partial charge on any atom is 0.335 e. The number of fused-ring (bicyclic) bond motifs is 1. The zero-order valence-electron chi connectivity index (χ0n) is 25.5. The zero-order chi connectivity index (χ0) is 29.1. The number of ether oxygens (including phenoxy) is 4. The van der Waals surface area contributed by atoms with E-state index in [4.69, 9.17) is 18.9 Å². The Morgan fingerprint density at radius 3 is 2.44 bits per heavy atom. The van der Waals surface area contributed by atoms with Gasteiger partial charge in [0.25, 0.3) is 0 Å². The summed E-state index contributed by atoms with van der Waals surface area (Å²) in [4.78, 5) is 13.2. The van der Waals surface area contributed by atoms with E-state index < -0.39 is 29.9 Å². The average molecular weight is 563 g/mol. The summed E-state index contributed by atoms with van der Waals surface area (Å²) < 4.78 is 24.6. The SMILES string of the molecule is CO[C@H]1C[C@H]2C=C[C@@](C)(C(C)[C@H](OCc3ccsc3)C(C)C)C(C)[C@]2(OC)/C(C)=C/[C@@H](C)[C@@H]([C@@H](C)O)OC1=O. The van der Waals surface area contributed by atoms with Crippen LogP contribution in [0.5, 0.6) is 0 Å². The van der Waals surface area contributed by atoms with Gasteiger partial charge in [0.2, 0.25) is 0 Å². The molecule has 1 aliphatic heterocycles. The summed E-state index contributed by atoms with van der Waals surface area (Å²) in [5.74, 6) is -0.204. The number of aliphatic hydroxyl groups is 1. The Morgan fingerprint density at radius 2 is 1.90 bits per heavy atom. The minimum absolute atomic E-state index is 0.0384. The molecule has 1 aliphatic carbocycles. The van der Waals surface area contributed by atoms with Crippen LogP contribution in [-0.2, 0) is 30.3 Å². The van der Waals surface area contributed by atoms with Gasteiger partial charge in [-0.25, -0.2) is 4.79 Å². The molecule has 0 saturated carbocycles. The number of cyclic esters (lactones) is 1. The van der Waals surface area contributed by atoms with Crippen LogP contribution in [0.15, 0.2) is 40.6 Å². The molecule has 1 N–H and O–H groups in total. The fourth-order valence-electron chi connectivity index (χ4n) is 7.15. The predicted molar refractivity (Wildman–Crippen MR) is 156 cm³/mol. The van der Waals surface area contributed by atoms with E-state index in [1.54, 1.807) is 25.4 Å². The van der Waals surface area contributed by atoms with E-state index in [-0.39, 0.29) is 35.2 Å². The maximum atomic E-state index is 13.2. The van der Waals surface area contributed by atoms with Crippen LogP contribution < -0.4 is 0 Å². The van der Waals surface area contributed by atoms with Crippen molar-refractivity contribution >= 4 is 17.3 Å². The molecule has 2 heterocycles. The van der Waals surface area contributed by atoms with Crippen LogP contribution in [0, 0.1) is 35.0 Å². The summed E-state index contributed by atoms with van der Waals surface area (Å²) in [6, 6.07) is 2.12. The van der Waals surface area contributed by atoms with Crippen LogP contribution >= 0.6 is 11.3 Å². The summed E-state index contributed by atoms with van der Waals surface area (Å²) >= 11 is 1.69. The third-order valence-corrected chi connectivity index (χ3v) is 10.4. The molecule has 0 amide bonds. The smallest absolute Gasteiger partial charge is 0.335 e. The number of carbonyl (C=O) groups excluding carboxylic acids is 1. The molecule has 2 unspecified atom stereocenters. The Hall–Kier alpha value is -1.51. The molecule has 0 aromatic carbocycles. The maximum absolute atomic E-state index is 13.2. The number of allylic oxidation sites excluding steroid dienone is 1. The van der Waals surface area contributed by atoms with Gasteiger partial charge in [-0.05, 0) is 71.4 Å². The van der Waals surface area contributed by atoms with Gasteiger partial charge in [0.1, 0.15) is 6.10 Å². The Kier molecular flexibility index (Phi) is 10.7. The molecule has 6 nitrogen and oxygen atoms in total. The number of rotatable bonds is 9. The predicted octanol–water partition coefficient (Wildman–Crippen LogP) is 6.43. The lowest BCUT2D eigenvalue weighted by atomic mass is 9.53. The van der Waals surface area contributed by atoms with Gasteiger partial charge in [-0.3, -0.25) is 0 Å². The van der Waals surface area contributed by atoms with E-state index >= 15 is 0 Å². The Bertz CT molecular complexity index is 1000. The number of carbonyl (C=O) groups is 1. The Labute approximate surface area is 239 Å². The van der Waals surface area contributed by atoms with Crippen molar-refractivity contribution in [3.05, 3.63) is 46.2 Å². The monoisotopic (exact) mass is 562 g/mol. The molecule has 2 aliphatic rings. The van der Waals surface area contributed by atoms with Gasteiger partial charge in [-0.15, -0.1) is 0 Å². The van der Waals surface area contributed by atoms with Gasteiger partial charge in [0, 0.05) is 26.1 Å². The first kappa shape index (κ1) is 32.0. The van der Waals surface area contributed by atoms with Crippen molar-refractivity contribution in [2.45, 2.75) is 98.4 Å². The summed E-state index contributed by atoms with van der Waals surface area (Å²) in [7, 11) is 3.32. The van der Waals surface area contributed by atoms with Crippen molar-refractivity contribution in [2.24, 2.45) is 35.0 Å². The molecule has 0 spiro atoms. The van der Waals surface area contributed by atoms with Crippen LogP contribution in [-0.4, -0.2) is 55.3 Å². The topological polar surface area (TPSA) is 74.2 Å². The molecule has 1 aromatic rings. The molecular formula is C32H50O6S. The lowest BCUT2D eigenvalue weighted by molar-refractivity contribution is -0.174. The van der Waals surface area contributed by atoms with E-state index in [9.17, 15) is 9.90 Å². The minimum Gasteiger partial charge on any atom is -0.457 e. The van der Waals surface area contributed by atoms with Gasteiger partial charge in [0.05, 0.1) is 24.4 Å². The summed E-state index contributed by atoms with van der Waals surface area (Å²) in [5.41, 5.74) is 1.34. The molecule has 10 atom stereocenters. The van der Waals surface area contributed by atoms with Crippen LogP contribution in [0.2, 0.25) is 0 Å². The second-order valence-corrected chi connectivity index (χ2v) is 13.1. The first-order valence-electron chi connectivity index (χ1n) is 14.3. The second-order valence-electron chi connectivity index (χ2n) is 12.3. The normalized spacial score (nSPS) is 37.4. The van der Waals surface area contributed by atoms with Gasteiger partial charge in [-0.2, -0.15) is 11.3 Å². The number of aliphatic hydroxyl groups excluding tert-OH is 1. The van der Waals surface area contributed by atoms with Crippen molar-refractivity contribution in [2.75, 3.05) is 14.2 Å². The molecule has 220 valence electrons. The van der Waals surface area contributed by atoms with Crippen molar-refractivity contribution in [1.82, 2.24) is 0 Å². The highest BCUT2D eigenvalue weighted by atomic mass is 32.1. The third kappa shape index (κ3) is 6.23. The van der Waals surface area contributed by atoms with Crippen LogP contribution in [0.4, 0.5) is 0 Å². The average Bonchev–Trinajstić information content (AvgIpc) is 3.40. The highest BCUT2D eigenvalue weighted by Crippen LogP contribution is 2.56. The van der Waals surface area contributed by atoms with E-state index in [2.05, 4.69) is 76.6 Å². The van der Waals surface area contributed by atoms with E-state index in [0.717, 1.165) is 5.57 Å². The Balaban J connectivity index is 2.09. The van der Waals surface area contributed by atoms with Crippen molar-refractivity contribution in [1.29, 1.82) is 0 Å². The lowest BCUT2D eigenvalue weighted by Crippen LogP contribution is -2.58. The molecule has 3 rings (SSSR count). The van der Waals surface area contributed by atoms with Crippen LogP contribution in [0.3, 0.4) is 0 Å². The van der Waals surface area contributed by atoms with Gasteiger partial charge in [-0.1, -0.05) is 59.8 Å². The molecular weight excluding hydrogens is 512 g/mol. The van der Waals surface area contributed by atoms with E-state index in [0.29, 0.717) is 18.9 Å². The molecule has 0 saturated heterocycles. The highest BCUT2D eigenvalue weighted by Gasteiger charge is 2.57. The number of esters is 1. The number of hydrogen-bond acceptors (Lipinski definition) is 7. The minimum atomic E-state index is -0.819. The largest absolute Gasteiger partial charge is 0.457 e. The van der Waals surface area contributed by atoms with Crippen molar-refractivity contribution in [3.8, 4) is 0 Å². The Morgan fingerprint density at radius 1 is 1.21 bits per heavy atom. The highest BCUT2D eigenvalue weighted by molar-refractivity contribution is 7.07. The quantitative estimate of drug-likeness (QED) is 0.276. The first-order valence-corrected chi connectivity index (χ1v) is 15.2. The third-order valence-electron chi connectivity index (χ3n) is 9.70. The van der Waals surface area contributed by atoms with E-state index in [1.807, 2.05) is 6.92 Å². The molecule has 0 bridgehead atoms. The van der Waals surface area contributed by atoms with Crippen molar-refractivity contribution < 1.29 is 28.8 Å². The standard InChI is InChI=1S/C32H50O6S/c1-19(2)28(37-17-25-12-14-39-18-25)22(5)31(8)13-11-26-16-27(35-9)30(34)38-29(23(6)33)20(3)15-21(4)32(26,36-10)24(31)7/h11-15,18-20,22-24,26-29,33H,16-17H2,1-10H3/b21-15+/t20-,22?,23-,24?,26-,27+,28-,29+,31+,32-/m1/s1. The number of thiophene rings is 1. The van der Waals surface area contributed by atoms with Gasteiger partial charge in [0.15, 0.2) is 6.10 Å². The summed E-state index contributed by atoms with van der Waals surface area (Å²) in [6.07, 6.45) is 4.88. The molecule has 0 radical (unpaired) electrons. The van der Waals surface area contributed by atoms with Crippen LogP contribution in [0.1, 0.15) is 67.4 Å². The fraction of sp³-hybridized carbons (Fsp3) is 0.719. The molecule has 7 heteroatoms. The van der Waals surface area contributed by atoms with Gasteiger partial charge >= 0.3 is 5.97 Å². The number of hydrogen-bond donors (Lipinski definition) is 1. The van der Waals surface area contributed by atoms with E-state index in [1.165, 1.54) is 12.7 Å². The summed E-state index contributed by atoms with van der Waals surface area (Å²) in [5, 5.41) is 14.7. The van der Waals surface area contributed by atoms with Crippen molar-refractivity contribution in [3.63, 3.8) is 0 Å². The first-order chi connectivity index (χ1) is 18.3. The second kappa shape index (κ2) is 13.0. The zero-order valence-corrected chi connectivity index (χ0v) is 26.3. The molecule has 39 heavy (non-hydrogen) atoms. The van der Waals surface area contributed by atoms with Crippen LogP contribution in [0.25, 0.3) is 0 Å². The lowest BCUT2D eigenvalue weighted by Gasteiger charge is -2.57. The molecule has 0 fully saturated rings. The number of methoxy groups -OCH3 is 2. The molecule has 1 aromatic heterocycles. The fourth-order valence-corrected chi connectivity index (χ4v) is 7.80. The van der Waals surface area contributed by atoms with Gasteiger partial charge < -0.3 is 24.1 Å². The summed E-state index contributed by atoms with van der Waals surface area (Å²) in [6.45, 7) is 17.7.